The van der Waals surface area contributed by atoms with Crippen molar-refractivity contribution in [2.45, 2.75) is 70.6 Å². The zero-order chi connectivity index (χ0) is 41.0. The Hall–Kier alpha value is -6.32. The molecule has 3 aliphatic rings. The first-order chi connectivity index (χ1) is 29.0. The third-order valence-electron chi connectivity index (χ3n) is 14.3. The third kappa shape index (κ3) is 5.70. The van der Waals surface area contributed by atoms with Crippen molar-refractivity contribution in [3.8, 4) is 33.4 Å². The van der Waals surface area contributed by atoms with Gasteiger partial charge >= 0.3 is 0 Å². The lowest BCUT2D eigenvalue weighted by atomic mass is 9.55. The number of rotatable bonds is 5. The van der Waals surface area contributed by atoms with Crippen molar-refractivity contribution in [1.82, 2.24) is 0 Å². The number of benzene rings is 8. The zero-order valence-corrected chi connectivity index (χ0v) is 35.7. The van der Waals surface area contributed by atoms with Crippen molar-refractivity contribution in [3.63, 3.8) is 0 Å². The molecule has 1 aliphatic carbocycles. The molecular weight excluding hydrogens is 723 g/mol. The summed E-state index contributed by atoms with van der Waals surface area (Å²) in [5.41, 5.74) is 22.0. The Bertz CT molecular complexity index is 2990. The quantitative estimate of drug-likeness (QED) is 0.175. The van der Waals surface area contributed by atoms with Crippen LogP contribution in [-0.4, -0.2) is 7.28 Å². The second-order valence-electron chi connectivity index (χ2n) is 19.3. The molecular formula is C57H51BN2. The molecule has 60 heavy (non-hydrogen) atoms. The first kappa shape index (κ1) is 36.7. The number of fused-ring (bicyclic) bond motifs is 7. The van der Waals surface area contributed by atoms with Crippen LogP contribution in [0, 0.1) is 0 Å². The molecule has 8 aromatic rings. The van der Waals surface area contributed by atoms with Crippen LogP contribution in [0.4, 0.5) is 28.4 Å². The van der Waals surface area contributed by atoms with Crippen LogP contribution in [0.2, 0.25) is 0 Å². The van der Waals surface area contributed by atoms with E-state index in [1.165, 1.54) is 94.4 Å². The van der Waals surface area contributed by atoms with Crippen LogP contribution in [0.5, 0.6) is 0 Å². The third-order valence-corrected chi connectivity index (χ3v) is 14.3. The highest BCUT2D eigenvalue weighted by Crippen LogP contribution is 2.55. The van der Waals surface area contributed by atoms with Gasteiger partial charge in [0.1, 0.15) is 0 Å². The molecule has 0 atom stereocenters. The first-order valence-corrected chi connectivity index (χ1v) is 21.8. The van der Waals surface area contributed by atoms with Gasteiger partial charge < -0.3 is 10.2 Å². The molecule has 8 aromatic carbocycles. The molecule has 0 aromatic heterocycles. The van der Waals surface area contributed by atoms with Gasteiger partial charge in [0.2, 0.25) is 0 Å². The molecule has 292 valence electrons. The van der Waals surface area contributed by atoms with Crippen LogP contribution in [0.25, 0.3) is 44.2 Å². The van der Waals surface area contributed by atoms with Gasteiger partial charge in [-0.15, -0.1) is 0 Å². The summed E-state index contributed by atoms with van der Waals surface area (Å²) in [5, 5.41) is 6.64. The summed E-state index contributed by atoms with van der Waals surface area (Å²) >= 11 is 0. The summed E-state index contributed by atoms with van der Waals surface area (Å²) in [5.74, 6) is 0. The van der Waals surface area contributed by atoms with Crippen LogP contribution < -0.4 is 21.1 Å². The number of para-hydroxylation sites is 1. The van der Waals surface area contributed by atoms with Crippen molar-refractivity contribution in [2.75, 3.05) is 10.2 Å². The van der Waals surface area contributed by atoms with Crippen LogP contribution in [-0.2, 0) is 16.2 Å². The van der Waals surface area contributed by atoms with Gasteiger partial charge in [0.25, 0.3) is 0 Å². The van der Waals surface area contributed by atoms with E-state index in [1.807, 2.05) is 0 Å². The summed E-state index contributed by atoms with van der Waals surface area (Å²) in [4.78, 5) is 2.63. The number of anilines is 5. The summed E-state index contributed by atoms with van der Waals surface area (Å²) in [7, 11) is 0.857. The van der Waals surface area contributed by atoms with E-state index < -0.39 is 0 Å². The minimum Gasteiger partial charge on any atom is -0.355 e. The Morgan fingerprint density at radius 2 is 1.13 bits per heavy atom. The van der Waals surface area contributed by atoms with Gasteiger partial charge in [-0.1, -0.05) is 168 Å². The normalized spacial score (nSPS) is 16.2. The average molecular weight is 775 g/mol. The van der Waals surface area contributed by atoms with Crippen molar-refractivity contribution in [1.29, 1.82) is 0 Å². The standard InChI is InChI=1S/C57H51BN2/c1-55(2)30-31-56(3,4)47-35-49(59-41-27-24-38(25-28-41)36-16-9-7-10-17-36)43(34-46(47)55)44-32-40(37-18-11-8-12-19-37)33-51-53(44)58-48-23-15-22-45-54(48)60(51)50-29-26-39-20-13-14-21-42(39)52(50)57(45,5)6/h7-29,32-35,58-59H,30-31H2,1-6H3. The lowest BCUT2D eigenvalue weighted by molar-refractivity contribution is 0.332. The maximum absolute atomic E-state index is 4.03. The lowest BCUT2D eigenvalue weighted by Crippen LogP contribution is -2.45. The molecule has 0 amide bonds. The van der Waals surface area contributed by atoms with Gasteiger partial charge in [-0.05, 0) is 132 Å². The Balaban J connectivity index is 1.19. The van der Waals surface area contributed by atoms with Gasteiger partial charge in [0.05, 0.1) is 5.69 Å². The van der Waals surface area contributed by atoms with Gasteiger partial charge in [-0.25, -0.2) is 0 Å². The fraction of sp³-hybridized carbons (Fsp3) is 0.193. The van der Waals surface area contributed by atoms with Crippen LogP contribution in [0.1, 0.15) is 76.6 Å². The van der Waals surface area contributed by atoms with Crippen molar-refractivity contribution in [2.24, 2.45) is 0 Å². The molecule has 2 heterocycles. The van der Waals surface area contributed by atoms with Gasteiger partial charge in [-0.3, -0.25) is 0 Å². The molecule has 0 bridgehead atoms. The fourth-order valence-electron chi connectivity index (χ4n) is 10.9. The minimum absolute atomic E-state index is 0.0481. The predicted octanol–water partition coefficient (Wildman–Crippen LogP) is 13.7. The average Bonchev–Trinajstić information content (AvgIpc) is 3.27. The maximum Gasteiger partial charge on any atom is 0.198 e. The van der Waals surface area contributed by atoms with Gasteiger partial charge in [0, 0.05) is 33.7 Å². The summed E-state index contributed by atoms with van der Waals surface area (Å²) < 4.78 is 0. The van der Waals surface area contributed by atoms with Crippen LogP contribution in [0.3, 0.4) is 0 Å². The first-order valence-electron chi connectivity index (χ1n) is 21.8. The predicted molar refractivity (Wildman–Crippen MR) is 258 cm³/mol. The molecule has 1 N–H and O–H groups in total. The van der Waals surface area contributed by atoms with Crippen LogP contribution in [0.15, 0.2) is 164 Å². The number of hydrogen-bond acceptors (Lipinski definition) is 2. The minimum atomic E-state index is -0.181. The number of nitrogens with zero attached hydrogens (tertiary/aromatic N) is 1. The Labute approximate surface area is 356 Å². The topological polar surface area (TPSA) is 15.3 Å². The number of nitrogens with one attached hydrogen (secondary N) is 1. The highest BCUT2D eigenvalue weighted by Gasteiger charge is 2.43. The smallest absolute Gasteiger partial charge is 0.198 e. The van der Waals surface area contributed by atoms with E-state index in [9.17, 15) is 0 Å². The van der Waals surface area contributed by atoms with Gasteiger partial charge in [-0.2, -0.15) is 0 Å². The maximum atomic E-state index is 4.03. The van der Waals surface area contributed by atoms with Crippen molar-refractivity contribution >= 4 is 57.4 Å². The van der Waals surface area contributed by atoms with E-state index >= 15 is 0 Å². The molecule has 11 rings (SSSR count). The second-order valence-corrected chi connectivity index (χ2v) is 19.3. The molecule has 2 nitrogen and oxygen atoms in total. The molecule has 0 fully saturated rings. The lowest BCUT2D eigenvalue weighted by Gasteiger charge is -2.46. The molecule has 0 saturated carbocycles. The Kier molecular flexibility index (Phi) is 8.17. The summed E-state index contributed by atoms with van der Waals surface area (Å²) in [6.07, 6.45) is 2.32. The van der Waals surface area contributed by atoms with E-state index in [0.29, 0.717) is 0 Å². The molecule has 0 saturated heterocycles. The van der Waals surface area contributed by atoms with Gasteiger partial charge in [0.15, 0.2) is 7.28 Å². The molecule has 3 heteroatoms. The molecule has 0 spiro atoms. The Morgan fingerprint density at radius 3 is 1.85 bits per heavy atom. The molecule has 0 radical (unpaired) electrons. The van der Waals surface area contributed by atoms with E-state index in [2.05, 4.69) is 216 Å². The number of hydrogen-bond donors (Lipinski definition) is 1. The van der Waals surface area contributed by atoms with E-state index in [0.717, 1.165) is 31.5 Å². The Morgan fingerprint density at radius 1 is 0.500 bits per heavy atom. The molecule has 2 aliphatic heterocycles. The highest BCUT2D eigenvalue weighted by molar-refractivity contribution is 6.73. The van der Waals surface area contributed by atoms with E-state index in [4.69, 9.17) is 0 Å². The van der Waals surface area contributed by atoms with Crippen molar-refractivity contribution < 1.29 is 0 Å². The monoisotopic (exact) mass is 774 g/mol. The van der Waals surface area contributed by atoms with E-state index in [1.54, 1.807) is 0 Å². The largest absolute Gasteiger partial charge is 0.355 e. The second kappa shape index (κ2) is 13.3. The molecule has 0 unspecified atom stereocenters. The van der Waals surface area contributed by atoms with Crippen LogP contribution >= 0.6 is 0 Å². The highest BCUT2D eigenvalue weighted by atomic mass is 15.2. The van der Waals surface area contributed by atoms with E-state index in [-0.39, 0.29) is 16.2 Å². The zero-order valence-electron chi connectivity index (χ0n) is 35.7. The summed E-state index contributed by atoms with van der Waals surface area (Å²) in [6, 6.07) is 61.4. The fourth-order valence-corrected chi connectivity index (χ4v) is 10.9. The summed E-state index contributed by atoms with van der Waals surface area (Å²) in [6.45, 7) is 14.6. The SMILES string of the molecule is CC1(C)CCC(C)(C)c2cc(-c3cc(-c4ccccc4)cc4c3Bc3cccc5c3N4c3ccc4ccccc4c3C5(C)C)c(Nc3ccc(-c4ccccc4)cc3)cc21. The van der Waals surface area contributed by atoms with Crippen molar-refractivity contribution in [3.05, 3.63) is 186 Å².